The van der Waals surface area contributed by atoms with E-state index in [0.717, 1.165) is 38.8 Å². The van der Waals surface area contributed by atoms with Gasteiger partial charge in [-0.15, -0.1) is 0 Å². The van der Waals surface area contributed by atoms with Crippen molar-refractivity contribution in [2.75, 3.05) is 13.1 Å². The van der Waals surface area contributed by atoms with Crippen molar-refractivity contribution in [1.29, 1.82) is 0 Å². The molecule has 3 heteroatoms. The van der Waals surface area contributed by atoms with Crippen LogP contribution in [0.25, 0.3) is 0 Å². The number of likely N-dealkylation sites (tertiary alicyclic amines) is 1. The Hall–Kier alpha value is -0.830. The van der Waals surface area contributed by atoms with Crippen molar-refractivity contribution in [2.24, 2.45) is 11.7 Å². The van der Waals surface area contributed by atoms with Gasteiger partial charge in [-0.05, 0) is 25.7 Å². The minimum absolute atomic E-state index is 0.196. The lowest BCUT2D eigenvalue weighted by Gasteiger charge is -2.32. The number of hydrogen-bond acceptors (Lipinski definition) is 2. The van der Waals surface area contributed by atoms with E-state index in [1.54, 1.807) is 0 Å². The van der Waals surface area contributed by atoms with Crippen LogP contribution in [0.5, 0.6) is 0 Å². The molecule has 78 valence electrons. The van der Waals surface area contributed by atoms with Gasteiger partial charge in [0.05, 0.1) is 0 Å². The van der Waals surface area contributed by atoms with Crippen molar-refractivity contribution in [3.05, 3.63) is 12.2 Å². The molecular weight excluding hydrogens is 176 g/mol. The van der Waals surface area contributed by atoms with Crippen LogP contribution in [-0.2, 0) is 4.79 Å². The summed E-state index contributed by atoms with van der Waals surface area (Å²) in [5, 5.41) is 0. The molecule has 0 saturated carbocycles. The van der Waals surface area contributed by atoms with Crippen LogP contribution in [0.1, 0.15) is 25.7 Å². The Labute approximate surface area is 84.9 Å². The lowest BCUT2D eigenvalue weighted by Crippen LogP contribution is -2.47. The molecule has 0 aromatic heterocycles. The van der Waals surface area contributed by atoms with Crippen LogP contribution in [-0.4, -0.2) is 29.9 Å². The number of rotatable bonds is 1. The molecule has 2 N–H and O–H groups in total. The van der Waals surface area contributed by atoms with E-state index in [4.69, 9.17) is 5.73 Å². The van der Waals surface area contributed by atoms with Gasteiger partial charge in [0.25, 0.3) is 0 Å². The Morgan fingerprint density at radius 2 is 2.07 bits per heavy atom. The van der Waals surface area contributed by atoms with Gasteiger partial charge in [-0.2, -0.15) is 0 Å². The SMILES string of the molecule is NC1CCCN(C(=O)C2CC=CC2)C1. The first-order valence-electron chi connectivity index (χ1n) is 5.47. The summed E-state index contributed by atoms with van der Waals surface area (Å²) in [6, 6.07) is 0.196. The third-order valence-electron chi connectivity index (χ3n) is 3.13. The van der Waals surface area contributed by atoms with Crippen LogP contribution in [0.3, 0.4) is 0 Å². The Bertz CT molecular complexity index is 242. The Morgan fingerprint density at radius 1 is 1.36 bits per heavy atom. The molecule has 0 aromatic carbocycles. The summed E-state index contributed by atoms with van der Waals surface area (Å²) in [5.41, 5.74) is 5.85. The number of amides is 1. The molecule has 1 aliphatic heterocycles. The van der Waals surface area contributed by atoms with Gasteiger partial charge in [0.2, 0.25) is 5.91 Å². The molecule has 1 heterocycles. The van der Waals surface area contributed by atoms with E-state index in [1.165, 1.54) is 0 Å². The molecule has 2 aliphatic rings. The van der Waals surface area contributed by atoms with Crippen LogP contribution in [0.15, 0.2) is 12.2 Å². The van der Waals surface area contributed by atoms with E-state index < -0.39 is 0 Å². The lowest BCUT2D eigenvalue weighted by molar-refractivity contribution is -0.136. The predicted octanol–water partition coefficient (Wildman–Crippen LogP) is 0.902. The molecule has 0 spiro atoms. The molecule has 0 aromatic rings. The summed E-state index contributed by atoms with van der Waals surface area (Å²) in [4.78, 5) is 13.9. The maximum atomic E-state index is 12.0. The van der Waals surface area contributed by atoms with E-state index in [1.807, 2.05) is 4.90 Å². The number of nitrogens with two attached hydrogens (primary N) is 1. The average molecular weight is 194 g/mol. The highest BCUT2D eigenvalue weighted by Gasteiger charge is 2.27. The number of carbonyl (C=O) groups excluding carboxylic acids is 1. The van der Waals surface area contributed by atoms with Crippen LogP contribution >= 0.6 is 0 Å². The zero-order chi connectivity index (χ0) is 9.97. The number of piperidine rings is 1. The average Bonchev–Trinajstić information content (AvgIpc) is 2.69. The van der Waals surface area contributed by atoms with Gasteiger partial charge in [-0.1, -0.05) is 12.2 Å². The van der Waals surface area contributed by atoms with Crippen molar-refractivity contribution < 1.29 is 4.79 Å². The van der Waals surface area contributed by atoms with Crippen molar-refractivity contribution >= 4 is 5.91 Å². The van der Waals surface area contributed by atoms with E-state index >= 15 is 0 Å². The number of hydrogen-bond donors (Lipinski definition) is 1. The Morgan fingerprint density at radius 3 is 2.71 bits per heavy atom. The summed E-state index contributed by atoms with van der Waals surface area (Å²) in [7, 11) is 0. The zero-order valence-electron chi connectivity index (χ0n) is 8.48. The Balaban J connectivity index is 1.90. The number of allylic oxidation sites excluding steroid dienone is 2. The van der Waals surface area contributed by atoms with Gasteiger partial charge < -0.3 is 10.6 Å². The standard InChI is InChI=1S/C11H18N2O/c12-10-6-3-7-13(8-10)11(14)9-4-1-2-5-9/h1-2,9-10H,3-8,12H2. The van der Waals surface area contributed by atoms with Crippen LogP contribution in [0.4, 0.5) is 0 Å². The van der Waals surface area contributed by atoms with E-state index in [0.29, 0.717) is 5.91 Å². The summed E-state index contributed by atoms with van der Waals surface area (Å²) in [6.07, 6.45) is 8.17. The molecule has 1 amide bonds. The fraction of sp³-hybridized carbons (Fsp3) is 0.727. The molecule has 0 radical (unpaired) electrons. The second kappa shape index (κ2) is 4.13. The Kier molecular flexibility index (Phi) is 2.87. The fourth-order valence-electron chi connectivity index (χ4n) is 2.29. The summed E-state index contributed by atoms with van der Waals surface area (Å²) < 4.78 is 0. The minimum Gasteiger partial charge on any atom is -0.341 e. The topological polar surface area (TPSA) is 46.3 Å². The highest BCUT2D eigenvalue weighted by molar-refractivity contribution is 5.79. The molecule has 14 heavy (non-hydrogen) atoms. The molecular formula is C11H18N2O. The van der Waals surface area contributed by atoms with Gasteiger partial charge in [0.15, 0.2) is 0 Å². The normalized spacial score (nSPS) is 28.4. The van der Waals surface area contributed by atoms with Crippen LogP contribution in [0.2, 0.25) is 0 Å². The molecule has 1 atom stereocenters. The molecule has 2 rings (SSSR count). The van der Waals surface area contributed by atoms with Gasteiger partial charge in [-0.25, -0.2) is 0 Å². The monoisotopic (exact) mass is 194 g/mol. The molecule has 1 unspecified atom stereocenters. The predicted molar refractivity (Wildman–Crippen MR) is 55.7 cm³/mol. The summed E-state index contributed by atoms with van der Waals surface area (Å²) in [5.74, 6) is 0.519. The van der Waals surface area contributed by atoms with E-state index in [-0.39, 0.29) is 12.0 Å². The first-order valence-corrected chi connectivity index (χ1v) is 5.47. The van der Waals surface area contributed by atoms with Crippen molar-refractivity contribution in [3.63, 3.8) is 0 Å². The van der Waals surface area contributed by atoms with Crippen molar-refractivity contribution in [1.82, 2.24) is 4.90 Å². The number of carbonyl (C=O) groups is 1. The number of nitrogens with zero attached hydrogens (tertiary/aromatic N) is 1. The van der Waals surface area contributed by atoms with E-state index in [9.17, 15) is 4.79 Å². The third kappa shape index (κ3) is 1.98. The molecule has 1 fully saturated rings. The van der Waals surface area contributed by atoms with Gasteiger partial charge in [0.1, 0.15) is 0 Å². The largest absolute Gasteiger partial charge is 0.341 e. The smallest absolute Gasteiger partial charge is 0.226 e. The molecule has 1 saturated heterocycles. The van der Waals surface area contributed by atoms with Crippen LogP contribution < -0.4 is 5.73 Å². The molecule has 0 bridgehead atoms. The first kappa shape index (κ1) is 9.71. The summed E-state index contributed by atoms with van der Waals surface area (Å²) >= 11 is 0. The second-order valence-electron chi connectivity index (χ2n) is 4.33. The maximum absolute atomic E-state index is 12.0. The van der Waals surface area contributed by atoms with Crippen molar-refractivity contribution in [3.8, 4) is 0 Å². The lowest BCUT2D eigenvalue weighted by atomic mass is 10.0. The first-order chi connectivity index (χ1) is 6.77. The quantitative estimate of drug-likeness (QED) is 0.630. The van der Waals surface area contributed by atoms with Gasteiger partial charge in [-0.3, -0.25) is 4.79 Å². The van der Waals surface area contributed by atoms with Crippen LogP contribution in [0, 0.1) is 5.92 Å². The fourth-order valence-corrected chi connectivity index (χ4v) is 2.29. The molecule has 3 nitrogen and oxygen atoms in total. The van der Waals surface area contributed by atoms with Gasteiger partial charge >= 0.3 is 0 Å². The highest BCUT2D eigenvalue weighted by Crippen LogP contribution is 2.22. The second-order valence-corrected chi connectivity index (χ2v) is 4.33. The summed E-state index contributed by atoms with van der Waals surface area (Å²) in [6.45, 7) is 1.67. The van der Waals surface area contributed by atoms with Gasteiger partial charge in [0, 0.05) is 25.0 Å². The molecule has 1 aliphatic carbocycles. The minimum atomic E-state index is 0.196. The highest BCUT2D eigenvalue weighted by atomic mass is 16.2. The zero-order valence-corrected chi connectivity index (χ0v) is 8.48. The van der Waals surface area contributed by atoms with E-state index in [2.05, 4.69) is 12.2 Å². The maximum Gasteiger partial charge on any atom is 0.226 e. The third-order valence-corrected chi connectivity index (χ3v) is 3.13. The van der Waals surface area contributed by atoms with Crippen molar-refractivity contribution in [2.45, 2.75) is 31.7 Å².